The molecule has 2 saturated heterocycles. The van der Waals surface area contributed by atoms with Crippen molar-refractivity contribution in [2.75, 3.05) is 39.4 Å². The van der Waals surface area contributed by atoms with E-state index in [4.69, 9.17) is 4.74 Å². The highest BCUT2D eigenvalue weighted by Gasteiger charge is 2.30. The smallest absolute Gasteiger partial charge is 0.0831 e. The number of halogens is 2. The van der Waals surface area contributed by atoms with Crippen molar-refractivity contribution in [2.24, 2.45) is 0 Å². The van der Waals surface area contributed by atoms with Crippen LogP contribution in [0, 0.1) is 0 Å². The molecule has 0 amide bonds. The molecule has 0 aliphatic carbocycles. The van der Waals surface area contributed by atoms with Gasteiger partial charge in [-0.1, -0.05) is 0 Å². The first kappa shape index (κ1) is 14.4. The van der Waals surface area contributed by atoms with E-state index in [0.29, 0.717) is 6.04 Å². The van der Waals surface area contributed by atoms with Crippen LogP contribution in [0.2, 0.25) is 0 Å². The number of ether oxygens (including phenoxy) is 1. The number of nitrogens with one attached hydrogen (secondary N) is 1. The Morgan fingerprint density at radius 2 is 1.79 bits per heavy atom. The molecular weight excluding hydrogens is 227 g/mol. The predicted octanol–water partition coefficient (Wildman–Crippen LogP) is -0.505. The van der Waals surface area contributed by atoms with Crippen LogP contribution < -0.4 is 5.32 Å². The molecule has 2 fully saturated rings. The second-order valence-electron chi connectivity index (χ2n) is 3.44. The van der Waals surface area contributed by atoms with Gasteiger partial charge in [0.1, 0.15) is 0 Å². The van der Waals surface area contributed by atoms with E-state index in [2.05, 4.69) is 10.2 Å². The fourth-order valence-electron chi connectivity index (χ4n) is 1.93. The van der Waals surface area contributed by atoms with Crippen LogP contribution in [-0.4, -0.2) is 61.5 Å². The van der Waals surface area contributed by atoms with Crippen LogP contribution in [0.3, 0.4) is 0 Å². The van der Waals surface area contributed by atoms with Crippen molar-refractivity contribution in [3.8, 4) is 0 Å². The first-order chi connectivity index (χ1) is 5.88. The summed E-state index contributed by atoms with van der Waals surface area (Å²) >= 11 is 0. The van der Waals surface area contributed by atoms with Gasteiger partial charge in [0.2, 0.25) is 0 Å². The van der Waals surface area contributed by atoms with Gasteiger partial charge < -0.3 is 15.2 Å². The number of morpholine rings is 1. The lowest BCUT2D eigenvalue weighted by Gasteiger charge is -2.33. The van der Waals surface area contributed by atoms with Crippen LogP contribution in [-0.2, 0) is 4.74 Å². The molecule has 0 radical (unpaired) electrons. The van der Waals surface area contributed by atoms with E-state index in [0.717, 1.165) is 39.4 Å². The van der Waals surface area contributed by atoms with Gasteiger partial charge in [-0.05, 0) is 0 Å². The molecule has 86 valence electrons. The van der Waals surface area contributed by atoms with Crippen LogP contribution in [0.25, 0.3) is 0 Å². The van der Waals surface area contributed by atoms with Gasteiger partial charge in [0.15, 0.2) is 0 Å². The Labute approximate surface area is 96.8 Å². The van der Waals surface area contributed by atoms with Crippen molar-refractivity contribution in [1.29, 1.82) is 0 Å². The maximum absolute atomic E-state index is 9.60. The first-order valence-electron chi connectivity index (χ1n) is 4.58. The summed E-state index contributed by atoms with van der Waals surface area (Å²) in [5, 5.41) is 12.8. The van der Waals surface area contributed by atoms with E-state index in [1.807, 2.05) is 0 Å². The zero-order chi connectivity index (χ0) is 8.39. The molecule has 0 aromatic heterocycles. The zero-order valence-corrected chi connectivity index (χ0v) is 9.65. The average Bonchev–Trinajstić information content (AvgIpc) is 2.53. The quantitative estimate of drug-likeness (QED) is 0.653. The summed E-state index contributed by atoms with van der Waals surface area (Å²) < 4.78 is 5.25. The van der Waals surface area contributed by atoms with E-state index in [-0.39, 0.29) is 30.9 Å². The van der Waals surface area contributed by atoms with Crippen LogP contribution in [0.5, 0.6) is 0 Å². The van der Waals surface area contributed by atoms with Gasteiger partial charge in [-0.3, -0.25) is 4.90 Å². The molecule has 2 N–H and O–H groups in total. The van der Waals surface area contributed by atoms with E-state index < -0.39 is 0 Å². The minimum absolute atomic E-state index is 0. The van der Waals surface area contributed by atoms with Crippen molar-refractivity contribution in [1.82, 2.24) is 10.2 Å². The van der Waals surface area contributed by atoms with E-state index >= 15 is 0 Å². The van der Waals surface area contributed by atoms with Crippen molar-refractivity contribution in [3.05, 3.63) is 0 Å². The van der Waals surface area contributed by atoms with E-state index in [9.17, 15) is 5.11 Å². The molecule has 2 atom stereocenters. The molecule has 2 heterocycles. The van der Waals surface area contributed by atoms with E-state index in [1.165, 1.54) is 0 Å². The Hall–Kier alpha value is 0.420. The third-order valence-corrected chi connectivity index (χ3v) is 2.67. The van der Waals surface area contributed by atoms with Gasteiger partial charge >= 0.3 is 0 Å². The summed E-state index contributed by atoms with van der Waals surface area (Å²) in [7, 11) is 0. The SMILES string of the molecule is Cl.Cl.OC1CNCC1N1CCOCC1. The number of hydrogen-bond acceptors (Lipinski definition) is 4. The Bertz CT molecular complexity index is 156. The summed E-state index contributed by atoms with van der Waals surface area (Å²) in [6, 6.07) is 0.314. The monoisotopic (exact) mass is 244 g/mol. The van der Waals surface area contributed by atoms with Gasteiger partial charge in [0.05, 0.1) is 19.3 Å². The Morgan fingerprint density at radius 1 is 1.14 bits per heavy atom. The fraction of sp³-hybridized carbons (Fsp3) is 1.00. The summed E-state index contributed by atoms with van der Waals surface area (Å²) in [6.45, 7) is 5.20. The maximum Gasteiger partial charge on any atom is 0.0831 e. The largest absolute Gasteiger partial charge is 0.390 e. The summed E-state index contributed by atoms with van der Waals surface area (Å²) in [4.78, 5) is 2.31. The summed E-state index contributed by atoms with van der Waals surface area (Å²) in [5.41, 5.74) is 0. The van der Waals surface area contributed by atoms with Crippen molar-refractivity contribution < 1.29 is 9.84 Å². The molecule has 0 aromatic rings. The lowest BCUT2D eigenvalue weighted by molar-refractivity contribution is -0.00592. The molecule has 6 heteroatoms. The molecule has 0 saturated carbocycles. The van der Waals surface area contributed by atoms with Gasteiger partial charge in [-0.15, -0.1) is 24.8 Å². The average molecular weight is 245 g/mol. The van der Waals surface area contributed by atoms with Crippen LogP contribution in [0.1, 0.15) is 0 Å². The molecule has 2 unspecified atom stereocenters. The number of aliphatic hydroxyl groups excluding tert-OH is 1. The molecule has 0 aromatic carbocycles. The normalized spacial score (nSPS) is 33.2. The second kappa shape index (κ2) is 6.82. The molecule has 2 aliphatic rings. The van der Waals surface area contributed by atoms with Crippen LogP contribution >= 0.6 is 24.8 Å². The van der Waals surface area contributed by atoms with Crippen molar-refractivity contribution >= 4 is 24.8 Å². The number of hydrogen-bond donors (Lipinski definition) is 2. The fourth-order valence-corrected chi connectivity index (χ4v) is 1.93. The highest BCUT2D eigenvalue weighted by atomic mass is 35.5. The topological polar surface area (TPSA) is 44.7 Å². The van der Waals surface area contributed by atoms with Crippen molar-refractivity contribution in [3.63, 3.8) is 0 Å². The Kier molecular flexibility index (Phi) is 7.03. The predicted molar refractivity (Wildman–Crippen MR) is 59.6 cm³/mol. The highest BCUT2D eigenvalue weighted by Crippen LogP contribution is 2.10. The maximum atomic E-state index is 9.60. The zero-order valence-electron chi connectivity index (χ0n) is 8.02. The molecule has 0 spiro atoms. The number of rotatable bonds is 1. The molecular formula is C8H18Cl2N2O2. The number of nitrogens with zero attached hydrogens (tertiary/aromatic N) is 1. The molecule has 14 heavy (non-hydrogen) atoms. The standard InChI is InChI=1S/C8H16N2O2.2ClH/c11-8-6-9-5-7(8)10-1-3-12-4-2-10;;/h7-9,11H,1-6H2;2*1H. The molecule has 2 aliphatic heterocycles. The lowest BCUT2D eigenvalue weighted by Crippen LogP contribution is -2.48. The number of β-amino-alcohol motifs (C(OH)–C–C–N with tert-alkyl or cyclic N) is 1. The number of aliphatic hydroxyl groups is 1. The van der Waals surface area contributed by atoms with Crippen LogP contribution in [0.15, 0.2) is 0 Å². The minimum Gasteiger partial charge on any atom is -0.390 e. The van der Waals surface area contributed by atoms with E-state index in [1.54, 1.807) is 0 Å². The van der Waals surface area contributed by atoms with Crippen LogP contribution in [0.4, 0.5) is 0 Å². The lowest BCUT2D eigenvalue weighted by atomic mass is 10.2. The van der Waals surface area contributed by atoms with Gasteiger partial charge in [-0.25, -0.2) is 0 Å². The molecule has 0 bridgehead atoms. The van der Waals surface area contributed by atoms with Gasteiger partial charge in [-0.2, -0.15) is 0 Å². The van der Waals surface area contributed by atoms with Gasteiger partial charge in [0, 0.05) is 32.2 Å². The molecule has 2 rings (SSSR count). The first-order valence-corrected chi connectivity index (χ1v) is 4.58. The molecule has 4 nitrogen and oxygen atoms in total. The third kappa shape index (κ3) is 3.22. The highest BCUT2D eigenvalue weighted by molar-refractivity contribution is 5.85. The third-order valence-electron chi connectivity index (χ3n) is 2.67. The second-order valence-corrected chi connectivity index (χ2v) is 3.44. The summed E-state index contributed by atoms with van der Waals surface area (Å²) in [5.74, 6) is 0. The Balaban J connectivity index is 0.000000845. The van der Waals surface area contributed by atoms with Gasteiger partial charge in [0.25, 0.3) is 0 Å². The Morgan fingerprint density at radius 3 is 2.29 bits per heavy atom. The summed E-state index contributed by atoms with van der Waals surface area (Å²) in [6.07, 6.45) is -0.192. The van der Waals surface area contributed by atoms with Crippen molar-refractivity contribution in [2.45, 2.75) is 12.1 Å². The minimum atomic E-state index is -0.192.